The van der Waals surface area contributed by atoms with Gasteiger partial charge in [0.05, 0.1) is 25.7 Å². The number of nitrogens with zero attached hydrogens (tertiary/aromatic N) is 4. The molecule has 1 N–H and O–H groups in total. The van der Waals surface area contributed by atoms with Gasteiger partial charge in [-0.2, -0.15) is 0 Å². The van der Waals surface area contributed by atoms with Gasteiger partial charge >= 0.3 is 17.9 Å². The lowest BCUT2D eigenvalue weighted by Crippen LogP contribution is -2.49. The molecule has 0 saturated carbocycles. The first-order valence-corrected chi connectivity index (χ1v) is 8.40. The van der Waals surface area contributed by atoms with E-state index in [2.05, 4.69) is 25.3 Å². The van der Waals surface area contributed by atoms with Gasteiger partial charge < -0.3 is 19.4 Å². The molecule has 0 radical (unpaired) electrons. The third-order valence-electron chi connectivity index (χ3n) is 3.55. The number of hydrogen-bond donors (Lipinski definition) is 1. The van der Waals surface area contributed by atoms with Gasteiger partial charge in [-0.05, 0) is 24.3 Å². The van der Waals surface area contributed by atoms with Gasteiger partial charge in [0.2, 0.25) is 11.3 Å². The Hall–Kier alpha value is -3.15. The van der Waals surface area contributed by atoms with Crippen LogP contribution < -0.4 is 0 Å². The summed E-state index contributed by atoms with van der Waals surface area (Å²) in [6, 6.07) is 3.09. The summed E-state index contributed by atoms with van der Waals surface area (Å²) in [5.41, 5.74) is -2.40. The van der Waals surface area contributed by atoms with Crippen LogP contribution in [0, 0.1) is 0 Å². The molecule has 1 unspecified atom stereocenters. The summed E-state index contributed by atoms with van der Waals surface area (Å²) in [5, 5.41) is 22.9. The summed E-state index contributed by atoms with van der Waals surface area (Å²) in [6.45, 7) is 1.73. The monoisotopic (exact) mass is 396 g/mol. The predicted molar refractivity (Wildman–Crippen MR) is 92.0 cm³/mol. The Bertz CT molecular complexity index is 845. The van der Waals surface area contributed by atoms with E-state index in [1.165, 1.54) is 6.07 Å². The topological polar surface area (TPSA) is 149 Å². The van der Waals surface area contributed by atoms with Crippen molar-refractivity contribution >= 4 is 40.7 Å². The Balaban J connectivity index is 2.36. The molecule has 1 aliphatic heterocycles. The lowest BCUT2D eigenvalue weighted by atomic mass is 9.89. The molecule has 2 rings (SSSR count). The van der Waals surface area contributed by atoms with Crippen LogP contribution in [0.5, 0.6) is 0 Å². The normalized spacial score (nSPS) is 18.8. The van der Waals surface area contributed by atoms with E-state index < -0.39 is 23.4 Å². The van der Waals surface area contributed by atoms with Gasteiger partial charge in [-0.15, -0.1) is 21.6 Å². The second kappa shape index (κ2) is 8.49. The maximum absolute atomic E-state index is 12.4. The molecule has 0 amide bonds. The highest BCUT2D eigenvalue weighted by molar-refractivity contribution is 7.15. The summed E-state index contributed by atoms with van der Waals surface area (Å²) in [6.07, 6.45) is -0.122. The molecule has 0 fully saturated rings. The molecular formula is C15H16N4O7S. The summed E-state index contributed by atoms with van der Waals surface area (Å²) >= 11 is 1.05. The van der Waals surface area contributed by atoms with E-state index in [1.54, 1.807) is 13.0 Å². The number of oxime groups is 1. The van der Waals surface area contributed by atoms with Crippen LogP contribution in [0.1, 0.15) is 16.7 Å². The van der Waals surface area contributed by atoms with Gasteiger partial charge in [0.25, 0.3) is 0 Å². The molecule has 0 spiro atoms. The van der Waals surface area contributed by atoms with Crippen molar-refractivity contribution in [3.8, 4) is 0 Å². The fourth-order valence-electron chi connectivity index (χ4n) is 2.32. The Morgan fingerprint density at radius 2 is 2.00 bits per heavy atom. The molecular weight excluding hydrogens is 380 g/mol. The van der Waals surface area contributed by atoms with Crippen molar-refractivity contribution in [3.63, 3.8) is 0 Å². The van der Waals surface area contributed by atoms with Crippen LogP contribution in [0.3, 0.4) is 0 Å². The average molecular weight is 396 g/mol. The van der Waals surface area contributed by atoms with Crippen molar-refractivity contribution in [2.75, 3.05) is 20.8 Å². The van der Waals surface area contributed by atoms with E-state index in [-0.39, 0.29) is 24.5 Å². The molecule has 2 heterocycles. The van der Waals surface area contributed by atoms with Gasteiger partial charge in [0.1, 0.15) is 0 Å². The van der Waals surface area contributed by atoms with Gasteiger partial charge in [-0.1, -0.05) is 5.16 Å². The van der Waals surface area contributed by atoms with Crippen LogP contribution in [-0.2, 0) is 35.0 Å². The van der Waals surface area contributed by atoms with E-state index in [9.17, 15) is 14.4 Å². The Morgan fingerprint density at radius 1 is 1.26 bits per heavy atom. The first-order valence-electron chi connectivity index (χ1n) is 7.58. The largest absolute Gasteiger partial charge is 0.467 e. The smallest absolute Gasteiger partial charge is 0.361 e. The number of carbonyl (C=O) groups is 3. The second-order valence-electron chi connectivity index (χ2n) is 5.09. The maximum atomic E-state index is 12.4. The highest BCUT2D eigenvalue weighted by Gasteiger charge is 2.52. The molecule has 1 aliphatic rings. The molecule has 1 aromatic heterocycles. The zero-order valence-corrected chi connectivity index (χ0v) is 15.5. The maximum Gasteiger partial charge on any atom is 0.361 e. The molecule has 144 valence electrons. The van der Waals surface area contributed by atoms with E-state index in [0.717, 1.165) is 25.6 Å². The van der Waals surface area contributed by atoms with E-state index in [4.69, 9.17) is 14.7 Å². The molecule has 1 atom stereocenters. The SMILES string of the molecule is CCOC(=O)C(=NO)c1ccc(CC2(C(=O)OC)N=NN=C2C(=O)OC)s1. The Labute approximate surface area is 157 Å². The van der Waals surface area contributed by atoms with Crippen molar-refractivity contribution in [3.05, 3.63) is 21.9 Å². The summed E-state index contributed by atoms with van der Waals surface area (Å²) in [5.74, 6) is -2.51. The van der Waals surface area contributed by atoms with Crippen molar-refractivity contribution in [2.45, 2.75) is 18.9 Å². The number of hydrogen-bond acceptors (Lipinski definition) is 12. The quantitative estimate of drug-likeness (QED) is 0.237. The lowest BCUT2D eigenvalue weighted by Gasteiger charge is -2.21. The van der Waals surface area contributed by atoms with Crippen LogP contribution >= 0.6 is 11.3 Å². The molecule has 0 saturated heterocycles. The predicted octanol–water partition coefficient (Wildman–Crippen LogP) is 0.939. The zero-order valence-electron chi connectivity index (χ0n) is 14.7. The van der Waals surface area contributed by atoms with Crippen molar-refractivity contribution in [2.24, 2.45) is 20.6 Å². The third kappa shape index (κ3) is 3.84. The Morgan fingerprint density at radius 3 is 2.59 bits per heavy atom. The number of methoxy groups -OCH3 is 2. The summed E-state index contributed by atoms with van der Waals surface area (Å²) in [7, 11) is 2.28. The van der Waals surface area contributed by atoms with Crippen LogP contribution in [-0.4, -0.2) is 60.9 Å². The van der Waals surface area contributed by atoms with Crippen LogP contribution in [0.2, 0.25) is 0 Å². The van der Waals surface area contributed by atoms with Crippen molar-refractivity contribution in [1.82, 2.24) is 0 Å². The number of carbonyl (C=O) groups excluding carboxylic acids is 3. The van der Waals surface area contributed by atoms with Crippen LogP contribution in [0.4, 0.5) is 0 Å². The second-order valence-corrected chi connectivity index (χ2v) is 6.26. The summed E-state index contributed by atoms with van der Waals surface area (Å²) < 4.78 is 14.2. The number of esters is 3. The van der Waals surface area contributed by atoms with E-state index in [1.807, 2.05) is 0 Å². The fourth-order valence-corrected chi connectivity index (χ4v) is 3.38. The molecule has 0 aliphatic carbocycles. The third-order valence-corrected chi connectivity index (χ3v) is 4.64. The first-order chi connectivity index (χ1) is 12.9. The molecule has 12 heteroatoms. The van der Waals surface area contributed by atoms with Crippen LogP contribution in [0.25, 0.3) is 0 Å². The minimum atomic E-state index is -1.80. The molecule has 27 heavy (non-hydrogen) atoms. The molecule has 1 aromatic rings. The highest BCUT2D eigenvalue weighted by Crippen LogP contribution is 2.31. The van der Waals surface area contributed by atoms with Gasteiger partial charge in [-0.3, -0.25) is 0 Å². The average Bonchev–Trinajstić information content (AvgIpc) is 3.29. The van der Waals surface area contributed by atoms with Crippen molar-refractivity contribution < 1.29 is 33.8 Å². The van der Waals surface area contributed by atoms with Crippen LogP contribution in [0.15, 0.2) is 32.7 Å². The van der Waals surface area contributed by atoms with E-state index >= 15 is 0 Å². The van der Waals surface area contributed by atoms with Gasteiger partial charge in [-0.25, -0.2) is 14.4 Å². The van der Waals surface area contributed by atoms with Crippen molar-refractivity contribution in [1.29, 1.82) is 0 Å². The number of thiophene rings is 1. The first kappa shape index (κ1) is 20.2. The minimum Gasteiger partial charge on any atom is -0.467 e. The standard InChI is InChI=1S/C15H16N4O7S/c1-4-26-12(20)10(17-23)9-6-5-8(27-9)7-15(14(22)25-3)11(13(21)24-2)16-19-18-15/h5-6,23H,4,7H2,1-3H3. The molecule has 11 nitrogen and oxygen atoms in total. The Kier molecular flexibility index (Phi) is 6.34. The molecule has 0 bridgehead atoms. The highest BCUT2D eigenvalue weighted by atomic mass is 32.1. The number of rotatable bonds is 7. The minimum absolute atomic E-state index is 0.112. The van der Waals surface area contributed by atoms with E-state index in [0.29, 0.717) is 9.75 Å². The summed E-state index contributed by atoms with van der Waals surface area (Å²) in [4.78, 5) is 37.0. The molecule has 0 aromatic carbocycles. The number of ether oxygens (including phenoxy) is 3. The van der Waals surface area contributed by atoms with Gasteiger partial charge in [0, 0.05) is 11.3 Å². The zero-order chi connectivity index (χ0) is 20.0. The fraction of sp³-hybridized carbons (Fsp3) is 0.400. The lowest BCUT2D eigenvalue weighted by molar-refractivity contribution is -0.145. The van der Waals surface area contributed by atoms with Gasteiger partial charge in [0.15, 0.2) is 5.71 Å².